The second-order valence-corrected chi connectivity index (χ2v) is 6.51. The number of ether oxygens (including phenoxy) is 1. The number of aromatic amines is 1. The fourth-order valence-corrected chi connectivity index (χ4v) is 3.55. The molecule has 112 valence electrons. The molecule has 4 nitrogen and oxygen atoms in total. The van der Waals surface area contributed by atoms with Gasteiger partial charge in [0.1, 0.15) is 17.0 Å². The average Bonchev–Trinajstić information content (AvgIpc) is 2.50. The van der Waals surface area contributed by atoms with E-state index >= 15 is 0 Å². The van der Waals surface area contributed by atoms with Gasteiger partial charge in [-0.3, -0.25) is 4.79 Å². The normalized spacial score (nSPS) is 16.5. The molecule has 0 unspecified atom stereocenters. The molecule has 2 heterocycles. The molecule has 0 spiro atoms. The van der Waals surface area contributed by atoms with Gasteiger partial charge in [-0.2, -0.15) is 11.8 Å². The minimum absolute atomic E-state index is 0.0508. The number of benzene rings is 1. The van der Waals surface area contributed by atoms with Crippen LogP contribution in [0.3, 0.4) is 0 Å². The summed E-state index contributed by atoms with van der Waals surface area (Å²) in [4.78, 5) is 19.2. The van der Waals surface area contributed by atoms with Gasteiger partial charge in [-0.25, -0.2) is 9.37 Å². The van der Waals surface area contributed by atoms with Crippen molar-refractivity contribution in [1.82, 2.24) is 9.97 Å². The van der Waals surface area contributed by atoms with Crippen molar-refractivity contribution in [3.8, 4) is 0 Å². The molecule has 0 saturated carbocycles. The number of rotatable bonds is 3. The van der Waals surface area contributed by atoms with Crippen molar-refractivity contribution in [3.05, 3.63) is 39.7 Å². The molecular formula is C15H17FN2O2S. The van der Waals surface area contributed by atoms with E-state index in [1.807, 2.05) is 6.92 Å². The van der Waals surface area contributed by atoms with Gasteiger partial charge in [-0.1, -0.05) is 6.07 Å². The molecule has 1 aromatic carbocycles. The Morgan fingerprint density at radius 2 is 2.19 bits per heavy atom. The lowest BCUT2D eigenvalue weighted by Gasteiger charge is -2.21. The zero-order valence-corrected chi connectivity index (χ0v) is 12.6. The van der Waals surface area contributed by atoms with Crippen molar-refractivity contribution >= 4 is 22.7 Å². The Hall–Kier alpha value is -1.40. The zero-order chi connectivity index (χ0) is 14.8. The maximum atomic E-state index is 13.8. The molecule has 1 N–H and O–H groups in total. The van der Waals surface area contributed by atoms with Crippen molar-refractivity contribution in [3.63, 3.8) is 0 Å². The Morgan fingerprint density at radius 1 is 1.43 bits per heavy atom. The average molecular weight is 308 g/mol. The molecule has 0 radical (unpaired) electrons. The van der Waals surface area contributed by atoms with Crippen LogP contribution in [0.4, 0.5) is 4.39 Å². The highest BCUT2D eigenvalue weighted by molar-refractivity contribution is 7.99. The highest BCUT2D eigenvalue weighted by atomic mass is 32.2. The Labute approximate surface area is 126 Å². The molecule has 0 atom stereocenters. The second-order valence-electron chi connectivity index (χ2n) is 5.22. The van der Waals surface area contributed by atoms with Crippen LogP contribution < -0.4 is 5.56 Å². The van der Waals surface area contributed by atoms with E-state index in [0.717, 1.165) is 31.6 Å². The molecule has 1 aliphatic heterocycles. The fraction of sp³-hybridized carbons (Fsp3) is 0.467. The Morgan fingerprint density at radius 3 is 2.95 bits per heavy atom. The van der Waals surface area contributed by atoms with E-state index in [9.17, 15) is 9.18 Å². The van der Waals surface area contributed by atoms with Gasteiger partial charge in [-0.05, 0) is 31.4 Å². The van der Waals surface area contributed by atoms with Crippen LogP contribution in [0.5, 0.6) is 0 Å². The minimum atomic E-state index is -0.520. The van der Waals surface area contributed by atoms with Crippen LogP contribution >= 0.6 is 11.8 Å². The van der Waals surface area contributed by atoms with Gasteiger partial charge in [0.2, 0.25) is 0 Å². The molecule has 0 amide bonds. The van der Waals surface area contributed by atoms with Crippen LogP contribution in [-0.2, 0) is 10.5 Å². The summed E-state index contributed by atoms with van der Waals surface area (Å²) in [6, 6.07) is 2.96. The predicted molar refractivity (Wildman–Crippen MR) is 82.2 cm³/mol. The molecule has 1 fully saturated rings. The lowest BCUT2D eigenvalue weighted by Crippen LogP contribution is -2.18. The monoisotopic (exact) mass is 308 g/mol. The molecule has 1 saturated heterocycles. The van der Waals surface area contributed by atoms with Crippen molar-refractivity contribution in [1.29, 1.82) is 0 Å². The lowest BCUT2D eigenvalue weighted by molar-refractivity contribution is 0.1000. The Kier molecular flexibility index (Phi) is 4.26. The Balaban J connectivity index is 1.86. The summed E-state index contributed by atoms with van der Waals surface area (Å²) in [5, 5.41) is 0.586. The highest BCUT2D eigenvalue weighted by Crippen LogP contribution is 2.25. The molecule has 0 bridgehead atoms. The number of aromatic nitrogens is 2. The summed E-state index contributed by atoms with van der Waals surface area (Å²) in [7, 11) is 0. The topological polar surface area (TPSA) is 55.0 Å². The first-order valence-corrected chi connectivity index (χ1v) is 8.07. The number of thioether (sulfide) groups is 1. The van der Waals surface area contributed by atoms with Crippen molar-refractivity contribution < 1.29 is 9.13 Å². The summed E-state index contributed by atoms with van der Waals surface area (Å²) < 4.78 is 19.1. The maximum Gasteiger partial charge on any atom is 0.261 e. The first-order chi connectivity index (χ1) is 10.1. The summed E-state index contributed by atoms with van der Waals surface area (Å²) in [6.45, 7) is 3.43. The second kappa shape index (κ2) is 6.15. The summed E-state index contributed by atoms with van der Waals surface area (Å²) >= 11 is 1.77. The van der Waals surface area contributed by atoms with E-state index in [-0.39, 0.29) is 5.39 Å². The van der Waals surface area contributed by atoms with E-state index < -0.39 is 11.4 Å². The number of nitrogens with one attached hydrogen (secondary N) is 1. The molecule has 21 heavy (non-hydrogen) atoms. The molecule has 6 heteroatoms. The zero-order valence-electron chi connectivity index (χ0n) is 11.8. The first kappa shape index (κ1) is 14.5. The first-order valence-electron chi connectivity index (χ1n) is 7.02. The standard InChI is InChI=1S/C15H17FN2O2S/c1-9-2-3-11(16)13-14(9)17-12(18-15(13)19)8-21-10-4-6-20-7-5-10/h2-3,10H,4-8H2,1H3,(H,17,18,19). The summed E-state index contributed by atoms with van der Waals surface area (Å²) in [5.74, 6) is 0.719. The highest BCUT2D eigenvalue weighted by Gasteiger charge is 2.16. The van der Waals surface area contributed by atoms with Gasteiger partial charge in [0.05, 0.1) is 11.3 Å². The largest absolute Gasteiger partial charge is 0.381 e. The van der Waals surface area contributed by atoms with Crippen LogP contribution in [-0.4, -0.2) is 28.4 Å². The van der Waals surface area contributed by atoms with Gasteiger partial charge >= 0.3 is 0 Å². The molecule has 1 aromatic heterocycles. The van der Waals surface area contributed by atoms with Crippen molar-refractivity contribution in [2.24, 2.45) is 0 Å². The van der Waals surface area contributed by atoms with Crippen molar-refractivity contribution in [2.75, 3.05) is 13.2 Å². The third-order valence-electron chi connectivity index (χ3n) is 3.68. The molecule has 0 aliphatic carbocycles. The predicted octanol–water partition coefficient (Wildman–Crippen LogP) is 2.78. The number of aryl methyl sites for hydroxylation is 1. The van der Waals surface area contributed by atoms with E-state index in [1.165, 1.54) is 6.07 Å². The minimum Gasteiger partial charge on any atom is -0.381 e. The number of halogens is 1. The van der Waals surface area contributed by atoms with Gasteiger partial charge < -0.3 is 9.72 Å². The molecule has 3 rings (SSSR count). The van der Waals surface area contributed by atoms with Crippen LogP contribution in [0.25, 0.3) is 10.9 Å². The summed E-state index contributed by atoms with van der Waals surface area (Å²) in [6.07, 6.45) is 2.05. The van der Waals surface area contributed by atoms with E-state index in [4.69, 9.17) is 4.74 Å². The maximum absolute atomic E-state index is 13.8. The van der Waals surface area contributed by atoms with E-state index in [1.54, 1.807) is 17.8 Å². The van der Waals surface area contributed by atoms with Crippen LogP contribution in [0.2, 0.25) is 0 Å². The van der Waals surface area contributed by atoms with Gasteiger partial charge in [0.25, 0.3) is 5.56 Å². The van der Waals surface area contributed by atoms with E-state index in [2.05, 4.69) is 9.97 Å². The SMILES string of the molecule is Cc1ccc(F)c2c(=O)[nH]c(CSC3CCOCC3)nc12. The summed E-state index contributed by atoms with van der Waals surface area (Å²) in [5.41, 5.74) is 0.875. The smallest absolute Gasteiger partial charge is 0.261 e. The third-order valence-corrected chi connectivity index (χ3v) is 5.07. The Bertz CT molecular complexity index is 711. The van der Waals surface area contributed by atoms with E-state index in [0.29, 0.717) is 22.3 Å². The van der Waals surface area contributed by atoms with Crippen molar-refractivity contribution in [2.45, 2.75) is 30.8 Å². The molecule has 1 aliphatic rings. The van der Waals surface area contributed by atoms with Crippen LogP contribution in [0.1, 0.15) is 24.2 Å². The number of fused-ring (bicyclic) bond motifs is 1. The quantitative estimate of drug-likeness (QED) is 0.947. The van der Waals surface area contributed by atoms with Gasteiger partial charge in [0, 0.05) is 18.5 Å². The van der Waals surface area contributed by atoms with Crippen LogP contribution in [0, 0.1) is 12.7 Å². The van der Waals surface area contributed by atoms with Gasteiger partial charge in [0.15, 0.2) is 0 Å². The van der Waals surface area contributed by atoms with Crippen LogP contribution in [0.15, 0.2) is 16.9 Å². The number of hydrogen-bond donors (Lipinski definition) is 1. The fourth-order valence-electron chi connectivity index (χ4n) is 2.50. The number of nitrogens with zero attached hydrogens (tertiary/aromatic N) is 1. The van der Waals surface area contributed by atoms with Gasteiger partial charge in [-0.15, -0.1) is 0 Å². The third kappa shape index (κ3) is 3.11. The number of H-pyrrole nitrogens is 1. The lowest BCUT2D eigenvalue weighted by atomic mass is 10.1. The molecular weight excluding hydrogens is 291 g/mol. The number of hydrogen-bond acceptors (Lipinski definition) is 4. The molecule has 2 aromatic rings.